The molecule has 2 N–H and O–H groups in total. The number of rotatable bonds is 5. The molecule has 2 aromatic carbocycles. The van der Waals surface area contributed by atoms with Crippen LogP contribution in [0.2, 0.25) is 0 Å². The van der Waals surface area contributed by atoms with Crippen LogP contribution in [0.25, 0.3) is 22.2 Å². The van der Waals surface area contributed by atoms with Crippen molar-refractivity contribution in [2.45, 2.75) is 25.0 Å². The van der Waals surface area contributed by atoms with E-state index in [-0.39, 0.29) is 29.3 Å². The van der Waals surface area contributed by atoms with E-state index < -0.39 is 18.3 Å². The second-order valence-corrected chi connectivity index (χ2v) is 8.32. The highest BCUT2D eigenvalue weighted by Crippen LogP contribution is 2.63. The molecule has 2 aliphatic rings. The summed E-state index contributed by atoms with van der Waals surface area (Å²) in [6.45, 7) is -2.93. The topological polar surface area (TPSA) is 83.0 Å². The predicted molar refractivity (Wildman–Crippen MR) is 114 cm³/mol. The van der Waals surface area contributed by atoms with Crippen LogP contribution in [0.4, 0.5) is 13.2 Å². The summed E-state index contributed by atoms with van der Waals surface area (Å²) in [5, 5.41) is 0. The van der Waals surface area contributed by atoms with Gasteiger partial charge in [-0.05, 0) is 30.5 Å². The number of carbonyl (C=O) groups excluding carboxylic acids is 1. The van der Waals surface area contributed by atoms with Gasteiger partial charge in [0.1, 0.15) is 23.1 Å². The van der Waals surface area contributed by atoms with Crippen molar-refractivity contribution in [2.75, 3.05) is 0 Å². The summed E-state index contributed by atoms with van der Waals surface area (Å²) >= 11 is 0. The number of hydrogen-bond donors (Lipinski definition) is 1. The Morgan fingerprint density at radius 1 is 1.18 bits per heavy atom. The largest absolute Gasteiger partial charge is 0.434 e. The van der Waals surface area contributed by atoms with Crippen molar-refractivity contribution in [3.05, 3.63) is 77.6 Å². The van der Waals surface area contributed by atoms with Gasteiger partial charge in [0, 0.05) is 34.9 Å². The van der Waals surface area contributed by atoms with Gasteiger partial charge >= 0.3 is 6.61 Å². The van der Waals surface area contributed by atoms with E-state index in [0.29, 0.717) is 27.7 Å². The molecule has 0 radical (unpaired) electrons. The van der Waals surface area contributed by atoms with Crippen molar-refractivity contribution in [1.29, 1.82) is 0 Å². The Kier molecular flexibility index (Phi) is 4.23. The van der Waals surface area contributed by atoms with E-state index in [9.17, 15) is 18.0 Å². The summed E-state index contributed by atoms with van der Waals surface area (Å²) in [5.41, 5.74) is 7.95. The summed E-state index contributed by atoms with van der Waals surface area (Å²) in [6.07, 6.45) is 2.29. The standard InChI is InChI=1S/C24H17F3N4O2/c25-16-9-18-19(8-13(16)11-5-6-17(22(28)32)29-10-11)31-21(14-7-15(14)23(31)30-18)12-3-1-2-4-20(12)33-24(26)27/h1-6,8-10,14-15,21,24H,7H2,(H2,28,32)/t14-,15+,21+/m1/s1. The van der Waals surface area contributed by atoms with Crippen LogP contribution < -0.4 is 10.5 Å². The lowest BCUT2D eigenvalue weighted by molar-refractivity contribution is -0.0507. The molecular weight excluding hydrogens is 433 g/mol. The van der Waals surface area contributed by atoms with Gasteiger partial charge in [0.2, 0.25) is 0 Å². The number of nitrogens with two attached hydrogens (primary N) is 1. The van der Waals surface area contributed by atoms with Gasteiger partial charge in [-0.3, -0.25) is 9.78 Å². The summed E-state index contributed by atoms with van der Waals surface area (Å²) in [5.74, 6) is 0.238. The molecule has 1 aliphatic carbocycles. The summed E-state index contributed by atoms with van der Waals surface area (Å²) in [7, 11) is 0. The lowest BCUT2D eigenvalue weighted by Crippen LogP contribution is -2.13. The second kappa shape index (κ2) is 7.06. The van der Waals surface area contributed by atoms with Crippen molar-refractivity contribution >= 4 is 16.9 Å². The maximum absolute atomic E-state index is 15.0. The average molecular weight is 450 g/mol. The van der Waals surface area contributed by atoms with Crippen molar-refractivity contribution in [3.8, 4) is 16.9 Å². The van der Waals surface area contributed by atoms with E-state index >= 15 is 0 Å². The quantitative estimate of drug-likeness (QED) is 0.480. The van der Waals surface area contributed by atoms with Crippen LogP contribution in [0.1, 0.15) is 40.3 Å². The molecule has 0 bridgehead atoms. The van der Waals surface area contributed by atoms with E-state index in [0.717, 1.165) is 12.2 Å². The average Bonchev–Trinajstić information content (AvgIpc) is 3.39. The predicted octanol–water partition coefficient (Wildman–Crippen LogP) is 4.64. The maximum Gasteiger partial charge on any atom is 0.387 e. The van der Waals surface area contributed by atoms with E-state index in [4.69, 9.17) is 10.5 Å². The van der Waals surface area contributed by atoms with E-state index in [1.54, 1.807) is 30.3 Å². The van der Waals surface area contributed by atoms with Crippen LogP contribution in [-0.2, 0) is 0 Å². The molecule has 0 spiro atoms. The highest BCUT2D eigenvalue weighted by molar-refractivity contribution is 5.91. The first-order valence-corrected chi connectivity index (χ1v) is 10.4. The van der Waals surface area contributed by atoms with E-state index in [1.807, 2.05) is 4.57 Å². The lowest BCUT2D eigenvalue weighted by Gasteiger charge is -2.21. The number of halogens is 3. The smallest absolute Gasteiger partial charge is 0.387 e. The van der Waals surface area contributed by atoms with Crippen LogP contribution in [0.3, 0.4) is 0 Å². The third kappa shape index (κ3) is 3.06. The Morgan fingerprint density at radius 2 is 2.00 bits per heavy atom. The number of nitrogens with zero attached hydrogens (tertiary/aromatic N) is 3. The van der Waals surface area contributed by atoms with Crippen LogP contribution >= 0.6 is 0 Å². The number of hydrogen-bond acceptors (Lipinski definition) is 4. The Bertz CT molecular complexity index is 1420. The number of primary amides is 1. The molecule has 1 aliphatic heterocycles. The summed E-state index contributed by atoms with van der Waals surface area (Å²) < 4.78 is 47.9. The van der Waals surface area contributed by atoms with Crippen LogP contribution in [0.5, 0.6) is 5.75 Å². The molecule has 6 rings (SSSR count). The molecule has 6 nitrogen and oxygen atoms in total. The van der Waals surface area contributed by atoms with Gasteiger partial charge in [-0.15, -0.1) is 0 Å². The molecule has 166 valence electrons. The molecule has 4 aromatic rings. The molecule has 3 heterocycles. The molecule has 0 saturated heterocycles. The van der Waals surface area contributed by atoms with Gasteiger partial charge in [-0.2, -0.15) is 8.78 Å². The fourth-order valence-corrected chi connectivity index (χ4v) is 4.96. The fraction of sp³-hybridized carbons (Fsp3) is 0.208. The normalized spacial score (nSPS) is 20.7. The van der Waals surface area contributed by atoms with Gasteiger partial charge < -0.3 is 15.0 Å². The van der Waals surface area contributed by atoms with Gasteiger partial charge in [-0.1, -0.05) is 24.3 Å². The molecule has 33 heavy (non-hydrogen) atoms. The highest BCUT2D eigenvalue weighted by atomic mass is 19.3. The van der Waals surface area contributed by atoms with E-state index in [1.165, 1.54) is 24.4 Å². The zero-order chi connectivity index (χ0) is 22.9. The third-order valence-corrected chi connectivity index (χ3v) is 6.44. The minimum Gasteiger partial charge on any atom is -0.434 e. The number of pyridine rings is 1. The lowest BCUT2D eigenvalue weighted by atomic mass is 10.0. The number of carbonyl (C=O) groups is 1. The van der Waals surface area contributed by atoms with Gasteiger partial charge in [0.15, 0.2) is 0 Å². The van der Waals surface area contributed by atoms with Gasteiger partial charge in [0.05, 0.1) is 17.1 Å². The first-order chi connectivity index (χ1) is 15.9. The fourth-order valence-electron chi connectivity index (χ4n) is 4.96. The maximum atomic E-state index is 15.0. The van der Waals surface area contributed by atoms with Crippen LogP contribution in [0.15, 0.2) is 54.7 Å². The molecule has 1 amide bonds. The van der Waals surface area contributed by atoms with Crippen molar-refractivity contribution in [2.24, 2.45) is 11.7 Å². The number of para-hydroxylation sites is 1. The first kappa shape index (κ1) is 19.8. The Labute approximate surface area is 185 Å². The van der Waals surface area contributed by atoms with Crippen LogP contribution in [-0.4, -0.2) is 27.1 Å². The zero-order valence-electron chi connectivity index (χ0n) is 17.1. The van der Waals surface area contributed by atoms with Crippen molar-refractivity contribution in [1.82, 2.24) is 14.5 Å². The highest BCUT2D eigenvalue weighted by Gasteiger charge is 2.55. The van der Waals surface area contributed by atoms with Crippen LogP contribution in [0, 0.1) is 11.7 Å². The van der Waals surface area contributed by atoms with Crippen molar-refractivity contribution < 1.29 is 22.7 Å². The third-order valence-electron chi connectivity index (χ3n) is 6.44. The number of benzene rings is 2. The summed E-state index contributed by atoms with van der Waals surface area (Å²) in [4.78, 5) is 20.0. The zero-order valence-corrected chi connectivity index (χ0v) is 17.1. The number of imidazole rings is 1. The number of ether oxygens (including phenoxy) is 1. The number of amides is 1. The molecule has 2 aromatic heterocycles. The van der Waals surface area contributed by atoms with E-state index in [2.05, 4.69) is 9.97 Å². The summed E-state index contributed by atoms with van der Waals surface area (Å²) in [6, 6.07) is 12.6. The van der Waals surface area contributed by atoms with Gasteiger partial charge in [-0.25, -0.2) is 9.37 Å². The Morgan fingerprint density at radius 3 is 2.73 bits per heavy atom. The molecule has 9 heteroatoms. The first-order valence-electron chi connectivity index (χ1n) is 10.4. The minimum atomic E-state index is -2.93. The molecule has 1 fully saturated rings. The second-order valence-electron chi connectivity index (χ2n) is 8.32. The minimum absolute atomic E-state index is 0.0845. The number of fused-ring (bicyclic) bond motifs is 5. The number of aromatic nitrogens is 3. The Hall–Kier alpha value is -3.88. The van der Waals surface area contributed by atoms with Gasteiger partial charge in [0.25, 0.3) is 5.91 Å². The molecule has 0 unspecified atom stereocenters. The molecule has 3 atom stereocenters. The monoisotopic (exact) mass is 450 g/mol. The molecule has 1 saturated carbocycles. The van der Waals surface area contributed by atoms with Crippen molar-refractivity contribution in [3.63, 3.8) is 0 Å². The molecular formula is C24H17F3N4O2. The Balaban J connectivity index is 1.50. The number of alkyl halides is 2. The SMILES string of the molecule is NC(=O)c1ccc(-c2cc3c(cc2F)nc2n3[C@@H](c3ccccc3OC(F)F)[C@@H]3C[C@H]23)cn1.